The van der Waals surface area contributed by atoms with Gasteiger partial charge in [0, 0.05) is 31.9 Å². The average Bonchev–Trinajstić information content (AvgIpc) is 3.26. The van der Waals surface area contributed by atoms with E-state index in [4.69, 9.17) is 0 Å². The maximum absolute atomic E-state index is 12.9. The molecule has 168 valence electrons. The molecule has 2 aromatic heterocycles. The molecule has 0 atom stereocenters. The molecule has 0 saturated carbocycles. The van der Waals surface area contributed by atoms with Crippen molar-refractivity contribution in [2.24, 2.45) is 0 Å². The molecule has 0 radical (unpaired) electrons. The average molecular weight is 457 g/mol. The lowest BCUT2D eigenvalue weighted by molar-refractivity contribution is -0.116. The Hall–Kier alpha value is -3.31. The molecule has 1 aliphatic rings. The minimum Gasteiger partial charge on any atom is -0.465 e. The molecule has 32 heavy (non-hydrogen) atoms. The predicted molar refractivity (Wildman–Crippen MR) is 122 cm³/mol. The molecule has 1 amide bonds. The number of likely N-dealkylation sites (N-methyl/N-ethyl adjacent to an activating group) is 1. The third-order valence-corrected chi connectivity index (χ3v) is 6.46. The van der Waals surface area contributed by atoms with Gasteiger partial charge in [-0.05, 0) is 30.8 Å². The zero-order valence-corrected chi connectivity index (χ0v) is 18.7. The van der Waals surface area contributed by atoms with Gasteiger partial charge >= 0.3 is 5.97 Å². The second kappa shape index (κ2) is 9.45. The number of methoxy groups -OCH3 is 1. The van der Waals surface area contributed by atoms with Crippen LogP contribution in [0.15, 0.2) is 35.4 Å². The van der Waals surface area contributed by atoms with Gasteiger partial charge < -0.3 is 19.9 Å². The first-order chi connectivity index (χ1) is 15.5. The van der Waals surface area contributed by atoms with E-state index in [9.17, 15) is 14.4 Å². The maximum atomic E-state index is 12.9. The largest absolute Gasteiger partial charge is 0.465 e. The summed E-state index contributed by atoms with van der Waals surface area (Å²) in [5.41, 5.74) is 1.01. The van der Waals surface area contributed by atoms with Gasteiger partial charge in [-0.25, -0.2) is 9.78 Å². The molecular formula is C21H24N6O4S. The van der Waals surface area contributed by atoms with E-state index in [0.717, 1.165) is 37.9 Å². The molecule has 3 aromatic rings. The Morgan fingerprint density at radius 3 is 2.53 bits per heavy atom. The molecule has 1 aromatic carbocycles. The van der Waals surface area contributed by atoms with Crippen molar-refractivity contribution in [3.05, 3.63) is 46.5 Å². The van der Waals surface area contributed by atoms with Crippen LogP contribution in [0.3, 0.4) is 0 Å². The molecule has 4 rings (SSSR count). The van der Waals surface area contributed by atoms with E-state index in [-0.39, 0.29) is 18.0 Å². The van der Waals surface area contributed by atoms with E-state index in [1.807, 2.05) is 0 Å². The highest BCUT2D eigenvalue weighted by Crippen LogP contribution is 2.26. The van der Waals surface area contributed by atoms with Gasteiger partial charge in [-0.15, -0.1) is 0 Å². The van der Waals surface area contributed by atoms with Crippen molar-refractivity contribution in [2.75, 3.05) is 50.1 Å². The smallest absolute Gasteiger partial charge is 0.337 e. The van der Waals surface area contributed by atoms with Gasteiger partial charge in [-0.3, -0.25) is 14.2 Å². The van der Waals surface area contributed by atoms with Crippen molar-refractivity contribution >= 4 is 44.4 Å². The molecule has 0 unspecified atom stereocenters. The van der Waals surface area contributed by atoms with E-state index in [1.165, 1.54) is 29.3 Å². The minimum absolute atomic E-state index is 0.178. The number of piperazine rings is 1. The Balaban J connectivity index is 1.45. The molecule has 0 aliphatic carbocycles. The monoisotopic (exact) mass is 456 g/mol. The standard InChI is InChI=1S/C21H24N6O4S/c1-3-25-8-10-26(11-9-25)21-24-18-17(32-21)19(29)27(13-22-18)12-16(28)23-15-6-4-14(5-7-15)20(30)31-2/h4-7,13H,3,8-12H2,1-2H3,(H,23,28). The number of carbonyl (C=O) groups excluding carboxylic acids is 2. The van der Waals surface area contributed by atoms with E-state index in [2.05, 4.69) is 36.7 Å². The Morgan fingerprint density at radius 1 is 1.16 bits per heavy atom. The number of carbonyl (C=O) groups is 2. The Bertz CT molecular complexity index is 1180. The van der Waals surface area contributed by atoms with Crippen LogP contribution in [0.25, 0.3) is 10.3 Å². The lowest BCUT2D eigenvalue weighted by atomic mass is 10.2. The third-order valence-electron chi connectivity index (χ3n) is 5.37. The van der Waals surface area contributed by atoms with Crippen molar-refractivity contribution in [1.82, 2.24) is 19.4 Å². The van der Waals surface area contributed by atoms with E-state index in [0.29, 0.717) is 21.6 Å². The van der Waals surface area contributed by atoms with Crippen molar-refractivity contribution in [3.8, 4) is 0 Å². The normalized spacial score (nSPS) is 14.5. The number of anilines is 2. The highest BCUT2D eigenvalue weighted by Gasteiger charge is 2.21. The molecule has 11 heteroatoms. The van der Waals surface area contributed by atoms with Crippen molar-refractivity contribution in [2.45, 2.75) is 13.5 Å². The fourth-order valence-corrected chi connectivity index (χ4v) is 4.52. The first kappa shape index (κ1) is 21.9. The fourth-order valence-electron chi connectivity index (χ4n) is 3.50. The third kappa shape index (κ3) is 4.63. The maximum Gasteiger partial charge on any atom is 0.337 e. The summed E-state index contributed by atoms with van der Waals surface area (Å²) in [6.45, 7) is 6.64. The molecule has 1 N–H and O–H groups in total. The zero-order valence-electron chi connectivity index (χ0n) is 17.9. The molecular weight excluding hydrogens is 432 g/mol. The number of amides is 1. The van der Waals surface area contributed by atoms with E-state index >= 15 is 0 Å². The number of thiazole rings is 1. The van der Waals surface area contributed by atoms with Crippen LogP contribution in [-0.4, -0.2) is 71.1 Å². The summed E-state index contributed by atoms with van der Waals surface area (Å²) in [7, 11) is 1.30. The molecule has 0 bridgehead atoms. The number of benzene rings is 1. The van der Waals surface area contributed by atoms with Crippen LogP contribution >= 0.6 is 11.3 Å². The minimum atomic E-state index is -0.454. The molecule has 3 heterocycles. The van der Waals surface area contributed by atoms with Crippen LogP contribution in [0.2, 0.25) is 0 Å². The number of nitrogens with zero attached hydrogens (tertiary/aromatic N) is 5. The predicted octanol–water partition coefficient (Wildman–Crippen LogP) is 1.42. The second-order valence-corrected chi connectivity index (χ2v) is 8.34. The van der Waals surface area contributed by atoms with Gasteiger partial charge in [0.25, 0.3) is 5.56 Å². The Morgan fingerprint density at radius 2 is 1.88 bits per heavy atom. The molecule has 1 aliphatic heterocycles. The topological polar surface area (TPSA) is 110 Å². The number of fused-ring (bicyclic) bond motifs is 1. The first-order valence-electron chi connectivity index (χ1n) is 10.3. The van der Waals surface area contributed by atoms with E-state index in [1.54, 1.807) is 24.3 Å². The second-order valence-electron chi connectivity index (χ2n) is 7.37. The zero-order chi connectivity index (χ0) is 22.7. The summed E-state index contributed by atoms with van der Waals surface area (Å²) in [6.07, 6.45) is 1.35. The summed E-state index contributed by atoms with van der Waals surface area (Å²) < 4.78 is 6.37. The molecule has 10 nitrogen and oxygen atoms in total. The highest BCUT2D eigenvalue weighted by atomic mass is 32.1. The number of esters is 1. The first-order valence-corrected chi connectivity index (χ1v) is 11.1. The van der Waals surface area contributed by atoms with Crippen LogP contribution in [0, 0.1) is 0 Å². The van der Waals surface area contributed by atoms with Gasteiger partial charge in [0.2, 0.25) is 5.91 Å². The number of ether oxygens (including phenoxy) is 1. The van der Waals surface area contributed by atoms with Crippen molar-refractivity contribution in [1.29, 1.82) is 0 Å². The van der Waals surface area contributed by atoms with Crippen LogP contribution in [0.5, 0.6) is 0 Å². The summed E-state index contributed by atoms with van der Waals surface area (Å²) >= 11 is 1.32. The number of nitrogens with one attached hydrogen (secondary N) is 1. The summed E-state index contributed by atoms with van der Waals surface area (Å²) in [4.78, 5) is 50.2. The molecule has 1 saturated heterocycles. The lowest BCUT2D eigenvalue weighted by Gasteiger charge is -2.33. The summed E-state index contributed by atoms with van der Waals surface area (Å²) in [5.74, 6) is -0.829. The van der Waals surface area contributed by atoms with Crippen molar-refractivity contribution in [3.63, 3.8) is 0 Å². The lowest BCUT2D eigenvalue weighted by Crippen LogP contribution is -2.46. The molecule has 1 fully saturated rings. The van der Waals surface area contributed by atoms with Gasteiger partial charge in [0.15, 0.2) is 10.8 Å². The number of aromatic nitrogens is 3. The van der Waals surface area contributed by atoms with Gasteiger partial charge in [-0.1, -0.05) is 18.3 Å². The number of hydrogen-bond donors (Lipinski definition) is 1. The summed E-state index contributed by atoms with van der Waals surface area (Å²) in [5, 5.41) is 3.50. The van der Waals surface area contributed by atoms with Crippen LogP contribution in [0.4, 0.5) is 10.8 Å². The molecule has 0 spiro atoms. The summed E-state index contributed by atoms with van der Waals surface area (Å²) in [6, 6.07) is 6.31. The highest BCUT2D eigenvalue weighted by molar-refractivity contribution is 7.22. The SMILES string of the molecule is CCN1CCN(c2nc3ncn(CC(=O)Nc4ccc(C(=O)OC)cc4)c(=O)c3s2)CC1. The Kier molecular flexibility index (Phi) is 6.47. The van der Waals surface area contributed by atoms with Gasteiger partial charge in [0.1, 0.15) is 17.6 Å². The quantitative estimate of drug-likeness (QED) is 0.555. The Labute approximate surface area is 188 Å². The van der Waals surface area contributed by atoms with Gasteiger partial charge in [0.05, 0.1) is 12.7 Å². The van der Waals surface area contributed by atoms with Crippen molar-refractivity contribution < 1.29 is 14.3 Å². The number of rotatable bonds is 6. The van der Waals surface area contributed by atoms with Gasteiger partial charge in [-0.2, -0.15) is 4.98 Å². The van der Waals surface area contributed by atoms with Crippen LogP contribution in [0.1, 0.15) is 17.3 Å². The fraction of sp³-hybridized carbons (Fsp3) is 0.381. The van der Waals surface area contributed by atoms with Crippen LogP contribution in [-0.2, 0) is 16.1 Å². The number of hydrogen-bond acceptors (Lipinski definition) is 9. The van der Waals surface area contributed by atoms with E-state index < -0.39 is 5.97 Å². The van der Waals surface area contributed by atoms with Crippen LogP contribution < -0.4 is 15.8 Å².